The summed E-state index contributed by atoms with van der Waals surface area (Å²) < 4.78 is 13.8. The smallest absolute Gasteiger partial charge is 0.326 e. The van der Waals surface area contributed by atoms with Gasteiger partial charge in [0, 0.05) is 4.47 Å². The van der Waals surface area contributed by atoms with E-state index < -0.39 is 36.1 Å². The Balaban J connectivity index is 2.90. The van der Waals surface area contributed by atoms with Crippen LogP contribution in [0.15, 0.2) is 22.7 Å². The first kappa shape index (κ1) is 15.1. The van der Waals surface area contributed by atoms with Crippen molar-refractivity contribution in [1.82, 2.24) is 5.32 Å². The maximum absolute atomic E-state index is 13.4. The van der Waals surface area contributed by atoms with Crippen molar-refractivity contribution in [2.45, 2.75) is 12.5 Å². The summed E-state index contributed by atoms with van der Waals surface area (Å²) in [5, 5.41) is 19.2. The molecule has 0 radical (unpaired) electrons. The van der Waals surface area contributed by atoms with E-state index in [4.69, 9.17) is 10.2 Å². The summed E-state index contributed by atoms with van der Waals surface area (Å²) in [6, 6.07) is 1.96. The van der Waals surface area contributed by atoms with Gasteiger partial charge in [0.2, 0.25) is 0 Å². The fourth-order valence-corrected chi connectivity index (χ4v) is 1.64. The lowest BCUT2D eigenvalue weighted by Gasteiger charge is -2.12. The lowest BCUT2D eigenvalue weighted by atomic mass is 10.1. The van der Waals surface area contributed by atoms with Crippen LogP contribution >= 0.6 is 15.9 Å². The molecule has 0 unspecified atom stereocenters. The summed E-state index contributed by atoms with van der Waals surface area (Å²) in [5.41, 5.74) is -0.369. The Hall–Kier alpha value is -1.96. The molecule has 6 nitrogen and oxygen atoms in total. The van der Waals surface area contributed by atoms with Gasteiger partial charge in [0.25, 0.3) is 5.91 Å². The molecule has 0 aliphatic carbocycles. The Morgan fingerprint density at radius 2 is 1.95 bits per heavy atom. The van der Waals surface area contributed by atoms with Crippen LogP contribution in [0.3, 0.4) is 0 Å². The van der Waals surface area contributed by atoms with Crippen molar-refractivity contribution in [3.63, 3.8) is 0 Å². The number of hydrogen-bond acceptors (Lipinski definition) is 3. The highest BCUT2D eigenvalue weighted by atomic mass is 79.9. The van der Waals surface area contributed by atoms with Gasteiger partial charge in [-0.25, -0.2) is 9.18 Å². The number of carbonyl (C=O) groups is 3. The molecule has 1 aromatic carbocycles. The summed E-state index contributed by atoms with van der Waals surface area (Å²) >= 11 is 3.04. The van der Waals surface area contributed by atoms with Gasteiger partial charge in [0.15, 0.2) is 0 Å². The van der Waals surface area contributed by atoms with Gasteiger partial charge < -0.3 is 15.5 Å². The van der Waals surface area contributed by atoms with E-state index in [0.29, 0.717) is 4.47 Å². The molecule has 1 amide bonds. The Morgan fingerprint density at radius 3 is 2.47 bits per heavy atom. The van der Waals surface area contributed by atoms with E-state index in [0.717, 1.165) is 6.07 Å². The lowest BCUT2D eigenvalue weighted by Crippen LogP contribution is -2.42. The Bertz CT molecular complexity index is 534. The van der Waals surface area contributed by atoms with Crippen molar-refractivity contribution in [3.05, 3.63) is 34.1 Å². The third-order valence-electron chi connectivity index (χ3n) is 2.16. The number of rotatable bonds is 5. The first-order chi connectivity index (χ1) is 8.81. The van der Waals surface area contributed by atoms with Crippen molar-refractivity contribution >= 4 is 33.8 Å². The van der Waals surface area contributed by atoms with Crippen LogP contribution in [0.25, 0.3) is 0 Å². The minimum Gasteiger partial charge on any atom is -0.481 e. The quantitative estimate of drug-likeness (QED) is 0.752. The van der Waals surface area contributed by atoms with Crippen LogP contribution in [0.4, 0.5) is 4.39 Å². The zero-order valence-electron chi connectivity index (χ0n) is 9.39. The van der Waals surface area contributed by atoms with Crippen LogP contribution in [0, 0.1) is 5.82 Å². The molecule has 0 spiro atoms. The van der Waals surface area contributed by atoms with E-state index in [9.17, 15) is 18.8 Å². The van der Waals surface area contributed by atoms with E-state index in [-0.39, 0.29) is 5.56 Å². The van der Waals surface area contributed by atoms with E-state index >= 15 is 0 Å². The van der Waals surface area contributed by atoms with Crippen molar-refractivity contribution < 1.29 is 29.0 Å². The Morgan fingerprint density at radius 1 is 1.32 bits per heavy atom. The summed E-state index contributed by atoms with van der Waals surface area (Å²) in [5.74, 6) is -4.72. The average Bonchev–Trinajstić information content (AvgIpc) is 2.30. The lowest BCUT2D eigenvalue weighted by molar-refractivity contribution is -0.145. The van der Waals surface area contributed by atoms with Crippen LogP contribution in [0.5, 0.6) is 0 Å². The van der Waals surface area contributed by atoms with E-state index in [1.54, 1.807) is 0 Å². The highest BCUT2D eigenvalue weighted by Crippen LogP contribution is 2.15. The van der Waals surface area contributed by atoms with Crippen LogP contribution < -0.4 is 5.32 Å². The third-order valence-corrected chi connectivity index (χ3v) is 2.65. The molecule has 3 N–H and O–H groups in total. The number of aliphatic carboxylic acids is 2. The first-order valence-corrected chi connectivity index (χ1v) is 5.81. The van der Waals surface area contributed by atoms with Crippen LogP contribution in [0.2, 0.25) is 0 Å². The van der Waals surface area contributed by atoms with Crippen LogP contribution in [0.1, 0.15) is 16.8 Å². The number of benzene rings is 1. The van der Waals surface area contributed by atoms with Gasteiger partial charge in [-0.15, -0.1) is 0 Å². The largest absolute Gasteiger partial charge is 0.481 e. The molecule has 0 fully saturated rings. The van der Waals surface area contributed by atoms with Crippen LogP contribution in [-0.2, 0) is 9.59 Å². The van der Waals surface area contributed by atoms with Gasteiger partial charge >= 0.3 is 11.9 Å². The van der Waals surface area contributed by atoms with Gasteiger partial charge in [-0.1, -0.05) is 15.9 Å². The predicted octanol–water partition coefficient (Wildman–Crippen LogP) is 1.25. The molecule has 8 heteroatoms. The fourth-order valence-electron chi connectivity index (χ4n) is 1.28. The Labute approximate surface area is 115 Å². The molecule has 1 atom stereocenters. The number of amides is 1. The van der Waals surface area contributed by atoms with Gasteiger partial charge in [-0.05, 0) is 18.2 Å². The van der Waals surface area contributed by atoms with Crippen molar-refractivity contribution in [1.29, 1.82) is 0 Å². The second-order valence-corrected chi connectivity index (χ2v) is 4.50. The summed E-state index contributed by atoms with van der Waals surface area (Å²) in [7, 11) is 0. The monoisotopic (exact) mass is 333 g/mol. The Kier molecular flexibility index (Phi) is 4.99. The molecular formula is C11H9BrFNO5. The second-order valence-electron chi connectivity index (χ2n) is 3.59. The van der Waals surface area contributed by atoms with Crippen molar-refractivity contribution in [3.8, 4) is 0 Å². The topological polar surface area (TPSA) is 104 Å². The molecule has 1 rings (SSSR count). The fraction of sp³-hybridized carbons (Fsp3) is 0.182. The average molecular weight is 334 g/mol. The molecule has 0 heterocycles. The zero-order valence-corrected chi connectivity index (χ0v) is 11.0. The van der Waals surface area contributed by atoms with Crippen LogP contribution in [-0.4, -0.2) is 34.1 Å². The number of hydrogen-bond donors (Lipinski definition) is 3. The standard InChI is InChI=1S/C11H9BrFNO5/c12-5-1-2-7(13)6(3-5)10(17)14-8(11(18)19)4-9(15)16/h1-3,8H,4H2,(H,14,17)(H,15,16)(H,18,19)/t8-/m0/s1. The SMILES string of the molecule is O=C(O)C[C@H](NC(=O)c1cc(Br)ccc1F)C(=O)O. The summed E-state index contributed by atoms with van der Waals surface area (Å²) in [4.78, 5) is 32.9. The molecule has 102 valence electrons. The molecule has 0 saturated carbocycles. The number of nitrogens with one attached hydrogen (secondary N) is 1. The maximum atomic E-state index is 13.4. The molecule has 0 aliphatic rings. The molecule has 0 aromatic heterocycles. The highest BCUT2D eigenvalue weighted by Gasteiger charge is 2.24. The van der Waals surface area contributed by atoms with E-state index in [2.05, 4.69) is 15.9 Å². The van der Waals surface area contributed by atoms with E-state index in [1.807, 2.05) is 5.32 Å². The molecule has 1 aromatic rings. The number of carboxylic acid groups (broad SMARTS) is 2. The zero-order chi connectivity index (χ0) is 14.6. The summed E-state index contributed by atoms with van der Waals surface area (Å²) in [6.45, 7) is 0. The maximum Gasteiger partial charge on any atom is 0.326 e. The van der Waals surface area contributed by atoms with Gasteiger partial charge in [0.1, 0.15) is 11.9 Å². The van der Waals surface area contributed by atoms with Gasteiger partial charge in [-0.2, -0.15) is 0 Å². The molecule has 0 aliphatic heterocycles. The van der Waals surface area contributed by atoms with E-state index in [1.165, 1.54) is 12.1 Å². The molecular weight excluding hydrogens is 325 g/mol. The molecule has 19 heavy (non-hydrogen) atoms. The third kappa shape index (κ3) is 4.32. The highest BCUT2D eigenvalue weighted by molar-refractivity contribution is 9.10. The molecule has 0 bridgehead atoms. The van der Waals surface area contributed by atoms with Crippen molar-refractivity contribution in [2.24, 2.45) is 0 Å². The number of carbonyl (C=O) groups excluding carboxylic acids is 1. The second kappa shape index (κ2) is 6.28. The number of carboxylic acids is 2. The first-order valence-electron chi connectivity index (χ1n) is 5.01. The van der Waals surface area contributed by atoms with Gasteiger partial charge in [-0.3, -0.25) is 9.59 Å². The minimum absolute atomic E-state index is 0.369. The van der Waals surface area contributed by atoms with Crippen molar-refractivity contribution in [2.75, 3.05) is 0 Å². The molecule has 0 saturated heterocycles. The van der Waals surface area contributed by atoms with Gasteiger partial charge in [0.05, 0.1) is 12.0 Å². The number of halogens is 2. The normalized spacial score (nSPS) is 11.7. The predicted molar refractivity (Wildman–Crippen MR) is 65.2 cm³/mol. The minimum atomic E-state index is -1.62. The summed E-state index contributed by atoms with van der Waals surface area (Å²) in [6.07, 6.45) is -0.795.